The van der Waals surface area contributed by atoms with Crippen molar-refractivity contribution in [3.63, 3.8) is 0 Å². The maximum atomic E-state index is 12.7. The van der Waals surface area contributed by atoms with Gasteiger partial charge in [0, 0.05) is 11.1 Å². The van der Waals surface area contributed by atoms with Gasteiger partial charge >= 0.3 is 6.18 Å². The van der Waals surface area contributed by atoms with Gasteiger partial charge in [0.05, 0.1) is 11.3 Å². The smallest absolute Gasteiger partial charge is 0.416 e. The van der Waals surface area contributed by atoms with Crippen LogP contribution >= 0.6 is 11.3 Å². The molecule has 0 saturated heterocycles. The summed E-state index contributed by atoms with van der Waals surface area (Å²) in [5, 5.41) is 7.19. The molecule has 0 unspecified atom stereocenters. The van der Waals surface area contributed by atoms with Crippen LogP contribution in [-0.2, 0) is 12.9 Å². The summed E-state index contributed by atoms with van der Waals surface area (Å²) in [6.07, 6.45) is -2.94. The molecule has 0 aliphatic carbocycles. The highest BCUT2D eigenvalue weighted by atomic mass is 32.1. The Labute approximate surface area is 156 Å². The van der Waals surface area contributed by atoms with E-state index < -0.39 is 17.6 Å². The molecular weight excluding hydrogens is 381 g/mol. The summed E-state index contributed by atoms with van der Waals surface area (Å²) in [4.78, 5) is 17.4. The third-order valence-corrected chi connectivity index (χ3v) is 4.64. The van der Waals surface area contributed by atoms with E-state index in [9.17, 15) is 18.0 Å². The van der Waals surface area contributed by atoms with Crippen LogP contribution in [0.3, 0.4) is 0 Å². The summed E-state index contributed by atoms with van der Waals surface area (Å²) in [5.74, 6) is -0.373. The van der Waals surface area contributed by atoms with E-state index in [0.717, 1.165) is 22.7 Å². The number of rotatable bonds is 5. The van der Waals surface area contributed by atoms with Gasteiger partial charge in [-0.2, -0.15) is 18.3 Å². The lowest BCUT2D eigenvalue weighted by Gasteiger charge is -2.10. The molecule has 0 fully saturated rings. The monoisotopic (exact) mass is 396 g/mol. The number of thiazole rings is 1. The fourth-order valence-electron chi connectivity index (χ4n) is 2.14. The van der Waals surface area contributed by atoms with E-state index in [0.29, 0.717) is 5.13 Å². The van der Waals surface area contributed by atoms with Gasteiger partial charge in [0.2, 0.25) is 0 Å². The van der Waals surface area contributed by atoms with Crippen molar-refractivity contribution in [3.8, 4) is 5.75 Å². The van der Waals surface area contributed by atoms with Gasteiger partial charge in [-0.25, -0.2) is 9.67 Å². The van der Waals surface area contributed by atoms with Crippen molar-refractivity contribution in [2.45, 2.75) is 26.8 Å². The standard InChI is InChI=1S/C17H15F3N4O2S/c1-10-11(2)27-16(21-10)22-15(25)14-6-7-24(23-14)9-26-13-5-3-4-12(8-13)17(18,19)20/h3-8H,9H2,1-2H3,(H,21,22,25). The van der Waals surface area contributed by atoms with Crippen LogP contribution in [0.5, 0.6) is 5.75 Å². The van der Waals surface area contributed by atoms with Crippen LogP contribution in [0.15, 0.2) is 36.5 Å². The average Bonchev–Trinajstić information content (AvgIpc) is 3.19. The van der Waals surface area contributed by atoms with Crippen LogP contribution in [0.1, 0.15) is 26.6 Å². The highest BCUT2D eigenvalue weighted by Crippen LogP contribution is 2.31. The van der Waals surface area contributed by atoms with E-state index >= 15 is 0 Å². The molecule has 0 radical (unpaired) electrons. The minimum atomic E-state index is -4.44. The molecule has 1 N–H and O–H groups in total. The fraction of sp³-hybridized carbons (Fsp3) is 0.235. The predicted octanol–water partition coefficient (Wildman–Crippen LogP) is 4.26. The lowest BCUT2D eigenvalue weighted by atomic mass is 10.2. The molecule has 0 aliphatic rings. The van der Waals surface area contributed by atoms with Gasteiger partial charge in [-0.3, -0.25) is 10.1 Å². The van der Waals surface area contributed by atoms with Crippen molar-refractivity contribution in [2.75, 3.05) is 5.32 Å². The molecule has 2 heterocycles. The molecular formula is C17H15F3N4O2S. The van der Waals surface area contributed by atoms with E-state index in [2.05, 4.69) is 15.4 Å². The number of aromatic nitrogens is 3. The largest absolute Gasteiger partial charge is 0.471 e. The summed E-state index contributed by atoms with van der Waals surface area (Å²) in [5.41, 5.74) is 0.193. The Kier molecular flexibility index (Phi) is 5.17. The molecule has 2 aromatic heterocycles. The van der Waals surface area contributed by atoms with Crippen LogP contribution in [0.25, 0.3) is 0 Å². The zero-order valence-corrected chi connectivity index (χ0v) is 15.2. The summed E-state index contributed by atoms with van der Waals surface area (Å²) in [6, 6.07) is 6.03. The number of anilines is 1. The molecule has 3 aromatic rings. The van der Waals surface area contributed by atoms with E-state index in [4.69, 9.17) is 4.74 Å². The summed E-state index contributed by atoms with van der Waals surface area (Å²) < 4.78 is 44.8. The minimum Gasteiger partial charge on any atom is -0.471 e. The number of alkyl halides is 3. The lowest BCUT2D eigenvalue weighted by molar-refractivity contribution is -0.137. The lowest BCUT2D eigenvalue weighted by Crippen LogP contribution is -2.14. The van der Waals surface area contributed by atoms with Crippen molar-refractivity contribution in [1.29, 1.82) is 0 Å². The van der Waals surface area contributed by atoms with Crippen LogP contribution in [-0.4, -0.2) is 20.7 Å². The zero-order chi connectivity index (χ0) is 19.6. The van der Waals surface area contributed by atoms with Gasteiger partial charge in [-0.15, -0.1) is 11.3 Å². The van der Waals surface area contributed by atoms with E-state index in [-0.39, 0.29) is 18.2 Å². The minimum absolute atomic E-state index is 0.0556. The Bertz CT molecular complexity index is 946. The Morgan fingerprint density at radius 3 is 2.74 bits per heavy atom. The zero-order valence-electron chi connectivity index (χ0n) is 14.4. The van der Waals surface area contributed by atoms with Crippen molar-refractivity contribution in [1.82, 2.24) is 14.8 Å². The van der Waals surface area contributed by atoms with Crippen LogP contribution in [0.4, 0.5) is 18.3 Å². The molecule has 0 atom stereocenters. The first kappa shape index (κ1) is 18.9. The second-order valence-corrected chi connectivity index (χ2v) is 6.86. The van der Waals surface area contributed by atoms with Gasteiger partial charge in [-0.05, 0) is 38.1 Å². The molecule has 6 nitrogen and oxygen atoms in total. The molecule has 1 aromatic carbocycles. The van der Waals surface area contributed by atoms with Gasteiger partial charge in [0.25, 0.3) is 5.91 Å². The Balaban J connectivity index is 1.62. The second kappa shape index (κ2) is 7.39. The number of aryl methyl sites for hydroxylation is 2. The van der Waals surface area contributed by atoms with Gasteiger partial charge in [0.1, 0.15) is 5.75 Å². The number of amides is 1. The molecule has 10 heteroatoms. The number of hydrogen-bond acceptors (Lipinski definition) is 5. The van der Waals surface area contributed by atoms with Crippen LogP contribution in [0, 0.1) is 13.8 Å². The maximum Gasteiger partial charge on any atom is 0.416 e. The van der Waals surface area contributed by atoms with Gasteiger partial charge in [-0.1, -0.05) is 6.07 Å². The number of carbonyl (C=O) groups excluding carboxylic acids is 1. The van der Waals surface area contributed by atoms with E-state index in [1.54, 1.807) is 0 Å². The highest BCUT2D eigenvalue weighted by molar-refractivity contribution is 7.15. The second-order valence-electron chi connectivity index (χ2n) is 5.65. The first-order chi connectivity index (χ1) is 12.7. The predicted molar refractivity (Wildman–Crippen MR) is 93.8 cm³/mol. The number of halogens is 3. The number of carbonyl (C=O) groups is 1. The average molecular weight is 396 g/mol. The summed E-state index contributed by atoms with van der Waals surface area (Å²) in [7, 11) is 0. The van der Waals surface area contributed by atoms with Crippen molar-refractivity contribution in [2.24, 2.45) is 0 Å². The molecule has 27 heavy (non-hydrogen) atoms. The first-order valence-electron chi connectivity index (χ1n) is 7.81. The SMILES string of the molecule is Cc1nc(NC(=O)c2ccn(COc3cccc(C(F)(F)F)c3)n2)sc1C. The Morgan fingerprint density at radius 2 is 2.07 bits per heavy atom. The molecule has 0 spiro atoms. The number of nitrogens with zero attached hydrogens (tertiary/aromatic N) is 3. The van der Waals surface area contributed by atoms with Crippen molar-refractivity contribution >= 4 is 22.4 Å². The molecule has 1 amide bonds. The third kappa shape index (κ3) is 4.64. The molecule has 0 bridgehead atoms. The van der Waals surface area contributed by atoms with Crippen LogP contribution in [0.2, 0.25) is 0 Å². The summed E-state index contributed by atoms with van der Waals surface area (Å²) >= 11 is 1.36. The number of ether oxygens (including phenoxy) is 1. The first-order valence-corrected chi connectivity index (χ1v) is 8.63. The van der Waals surface area contributed by atoms with Crippen molar-refractivity contribution in [3.05, 3.63) is 58.4 Å². The van der Waals surface area contributed by atoms with Gasteiger partial charge in [0.15, 0.2) is 17.6 Å². The van der Waals surface area contributed by atoms with Crippen molar-refractivity contribution < 1.29 is 22.7 Å². The molecule has 3 rings (SSSR count). The molecule has 0 saturated carbocycles. The van der Waals surface area contributed by atoms with E-state index in [1.807, 2.05) is 13.8 Å². The Morgan fingerprint density at radius 1 is 1.30 bits per heavy atom. The van der Waals surface area contributed by atoms with Crippen LogP contribution < -0.4 is 10.1 Å². The summed E-state index contributed by atoms with van der Waals surface area (Å²) in [6.45, 7) is 3.62. The molecule has 0 aliphatic heterocycles. The highest BCUT2D eigenvalue weighted by Gasteiger charge is 2.30. The van der Waals surface area contributed by atoms with E-state index in [1.165, 1.54) is 40.4 Å². The number of benzene rings is 1. The normalized spacial score (nSPS) is 11.4. The molecule has 142 valence electrons. The topological polar surface area (TPSA) is 69.0 Å². The number of hydrogen-bond donors (Lipinski definition) is 1. The fourth-order valence-corrected chi connectivity index (χ4v) is 2.95. The quantitative estimate of drug-likeness (QED) is 0.700. The Hall–Kier alpha value is -2.88. The van der Waals surface area contributed by atoms with Gasteiger partial charge < -0.3 is 4.74 Å². The maximum absolute atomic E-state index is 12.7. The number of nitrogens with one attached hydrogen (secondary N) is 1. The third-order valence-electron chi connectivity index (χ3n) is 3.65.